The molecule has 1 aromatic carbocycles. The maximum Gasteiger partial charge on any atom is 0.330 e. The van der Waals surface area contributed by atoms with Crippen LogP contribution in [0.15, 0.2) is 40.9 Å². The second-order valence-electron chi connectivity index (χ2n) is 2.70. The maximum atomic E-state index is 11.0. The summed E-state index contributed by atoms with van der Waals surface area (Å²) in [6, 6.07) is 7.65. The quantitative estimate of drug-likeness (QED) is 0.612. The number of hydrogen-bond donors (Lipinski definition) is 0. The minimum Gasteiger partial charge on any atom is -0.458 e. The molecule has 0 N–H and O–H groups in total. The van der Waals surface area contributed by atoms with Gasteiger partial charge in [-0.15, -0.1) is 0 Å². The maximum absolute atomic E-state index is 11.0. The Morgan fingerprint density at radius 1 is 1.50 bits per heavy atom. The number of allylic oxidation sites excluding steroid dienone is 1. The number of rotatable bonds is 3. The summed E-state index contributed by atoms with van der Waals surface area (Å²) in [7, 11) is 0. The second kappa shape index (κ2) is 5.60. The molecule has 0 radical (unpaired) electrons. The smallest absolute Gasteiger partial charge is 0.330 e. The van der Waals surface area contributed by atoms with E-state index in [0.29, 0.717) is 6.61 Å². The van der Waals surface area contributed by atoms with E-state index in [4.69, 9.17) is 4.74 Å². The lowest BCUT2D eigenvalue weighted by molar-refractivity contribution is -0.139. The Bertz CT molecular complexity index is 345. The van der Waals surface area contributed by atoms with Crippen LogP contribution in [0.2, 0.25) is 0 Å². The third-order valence-corrected chi connectivity index (χ3v) is 2.40. The van der Waals surface area contributed by atoms with Crippen LogP contribution in [0.4, 0.5) is 0 Å². The summed E-state index contributed by atoms with van der Waals surface area (Å²) < 4.78 is 5.95. The van der Waals surface area contributed by atoms with Crippen molar-refractivity contribution in [3.05, 3.63) is 46.5 Å². The molecule has 74 valence electrons. The van der Waals surface area contributed by atoms with E-state index in [2.05, 4.69) is 15.9 Å². The first-order chi connectivity index (χ1) is 6.74. The van der Waals surface area contributed by atoms with Gasteiger partial charge in [-0.2, -0.15) is 0 Å². The van der Waals surface area contributed by atoms with E-state index >= 15 is 0 Å². The van der Waals surface area contributed by atoms with E-state index in [9.17, 15) is 4.79 Å². The molecule has 0 saturated carbocycles. The summed E-state index contributed by atoms with van der Waals surface area (Å²) >= 11 is 3.38. The summed E-state index contributed by atoms with van der Waals surface area (Å²) in [6.07, 6.45) is 3.05. The number of hydrogen-bond acceptors (Lipinski definition) is 2. The van der Waals surface area contributed by atoms with Crippen molar-refractivity contribution >= 4 is 21.9 Å². The highest BCUT2D eigenvalue weighted by Crippen LogP contribution is 2.16. The van der Waals surface area contributed by atoms with Gasteiger partial charge >= 0.3 is 5.97 Å². The van der Waals surface area contributed by atoms with E-state index < -0.39 is 0 Å². The van der Waals surface area contributed by atoms with Gasteiger partial charge in [0.25, 0.3) is 0 Å². The fourth-order valence-electron chi connectivity index (χ4n) is 0.949. The number of benzene rings is 1. The summed E-state index contributed by atoms with van der Waals surface area (Å²) in [5, 5.41) is 0. The number of esters is 1. The summed E-state index contributed by atoms with van der Waals surface area (Å²) in [4.78, 5) is 11.0. The zero-order chi connectivity index (χ0) is 10.4. The third-order valence-electron chi connectivity index (χ3n) is 1.63. The molecule has 3 heteroatoms. The van der Waals surface area contributed by atoms with Crippen LogP contribution in [0.3, 0.4) is 0 Å². The highest BCUT2D eigenvalue weighted by molar-refractivity contribution is 9.10. The van der Waals surface area contributed by atoms with Gasteiger partial charge in [-0.05, 0) is 13.0 Å². The largest absolute Gasteiger partial charge is 0.458 e. The molecule has 0 bridgehead atoms. The van der Waals surface area contributed by atoms with Crippen LogP contribution in [0, 0.1) is 0 Å². The Labute approximate surface area is 91.7 Å². The third kappa shape index (κ3) is 3.34. The highest BCUT2D eigenvalue weighted by Gasteiger charge is 2.01. The van der Waals surface area contributed by atoms with E-state index in [-0.39, 0.29) is 5.97 Å². The molecule has 1 aromatic rings. The Hall–Kier alpha value is -1.09. The van der Waals surface area contributed by atoms with Crippen molar-refractivity contribution in [3.63, 3.8) is 0 Å². The molecule has 0 amide bonds. The summed E-state index contributed by atoms with van der Waals surface area (Å²) in [6.45, 7) is 2.07. The van der Waals surface area contributed by atoms with Gasteiger partial charge in [0.1, 0.15) is 6.61 Å². The predicted octanol–water partition coefficient (Wildman–Crippen LogP) is 3.07. The van der Waals surface area contributed by atoms with Crippen molar-refractivity contribution in [1.29, 1.82) is 0 Å². The normalized spacial score (nSPS) is 10.4. The molecule has 2 nitrogen and oxygen atoms in total. The molecule has 1 rings (SSSR count). The molecule has 0 unspecified atom stereocenters. The van der Waals surface area contributed by atoms with E-state index in [1.165, 1.54) is 6.08 Å². The number of halogens is 1. The molecule has 0 aromatic heterocycles. The second-order valence-corrected chi connectivity index (χ2v) is 3.55. The van der Waals surface area contributed by atoms with Crippen LogP contribution < -0.4 is 0 Å². The van der Waals surface area contributed by atoms with Crippen molar-refractivity contribution in [2.45, 2.75) is 13.5 Å². The van der Waals surface area contributed by atoms with Crippen molar-refractivity contribution < 1.29 is 9.53 Å². The number of carbonyl (C=O) groups excluding carboxylic acids is 1. The Balaban J connectivity index is 2.54. The van der Waals surface area contributed by atoms with E-state index in [1.54, 1.807) is 13.0 Å². The lowest BCUT2D eigenvalue weighted by atomic mass is 10.2. The highest BCUT2D eigenvalue weighted by atomic mass is 79.9. The molecular weight excluding hydrogens is 244 g/mol. The molecule has 0 aliphatic carbocycles. The number of ether oxygens (including phenoxy) is 1. The average Bonchev–Trinajstić information content (AvgIpc) is 2.17. The van der Waals surface area contributed by atoms with E-state index in [1.807, 2.05) is 24.3 Å². The van der Waals surface area contributed by atoms with Gasteiger partial charge in [0.15, 0.2) is 0 Å². The SMILES string of the molecule is CC=CC(=O)OCc1ccccc1Br. The fourth-order valence-corrected chi connectivity index (χ4v) is 1.35. The first kappa shape index (κ1) is 11.0. The molecule has 14 heavy (non-hydrogen) atoms. The van der Waals surface area contributed by atoms with Gasteiger partial charge in [0, 0.05) is 16.1 Å². The standard InChI is InChI=1S/C11H11BrO2/c1-2-5-11(13)14-8-9-6-3-4-7-10(9)12/h2-7H,8H2,1H3. The zero-order valence-corrected chi connectivity index (χ0v) is 9.45. The summed E-state index contributed by atoms with van der Waals surface area (Å²) in [5.74, 6) is -0.316. The molecule has 0 fully saturated rings. The topological polar surface area (TPSA) is 26.3 Å². The molecule has 0 heterocycles. The Kier molecular flexibility index (Phi) is 4.40. The van der Waals surface area contributed by atoms with Crippen LogP contribution in [0.25, 0.3) is 0 Å². The molecule has 0 saturated heterocycles. The van der Waals surface area contributed by atoms with Crippen molar-refractivity contribution in [2.24, 2.45) is 0 Å². The van der Waals surface area contributed by atoms with Gasteiger partial charge in [-0.1, -0.05) is 40.2 Å². The van der Waals surface area contributed by atoms with Crippen molar-refractivity contribution in [3.8, 4) is 0 Å². The van der Waals surface area contributed by atoms with Gasteiger partial charge in [0.05, 0.1) is 0 Å². The van der Waals surface area contributed by atoms with Crippen LogP contribution in [0.1, 0.15) is 12.5 Å². The monoisotopic (exact) mass is 254 g/mol. The van der Waals surface area contributed by atoms with Crippen LogP contribution >= 0.6 is 15.9 Å². The minimum absolute atomic E-state index is 0.296. The molecule has 0 spiro atoms. The Morgan fingerprint density at radius 3 is 2.86 bits per heavy atom. The zero-order valence-electron chi connectivity index (χ0n) is 7.87. The van der Waals surface area contributed by atoms with Gasteiger partial charge in [0.2, 0.25) is 0 Å². The van der Waals surface area contributed by atoms with Crippen molar-refractivity contribution in [1.82, 2.24) is 0 Å². The first-order valence-electron chi connectivity index (χ1n) is 4.27. The van der Waals surface area contributed by atoms with Crippen LogP contribution in [-0.2, 0) is 16.1 Å². The summed E-state index contributed by atoms with van der Waals surface area (Å²) in [5.41, 5.74) is 0.963. The molecule has 0 atom stereocenters. The lowest BCUT2D eigenvalue weighted by Crippen LogP contribution is -2.00. The van der Waals surface area contributed by atoms with Crippen LogP contribution in [0.5, 0.6) is 0 Å². The van der Waals surface area contributed by atoms with E-state index in [0.717, 1.165) is 10.0 Å². The molecule has 0 aliphatic rings. The van der Waals surface area contributed by atoms with Gasteiger partial charge in [-0.3, -0.25) is 0 Å². The fraction of sp³-hybridized carbons (Fsp3) is 0.182. The van der Waals surface area contributed by atoms with Gasteiger partial charge in [-0.25, -0.2) is 4.79 Å². The lowest BCUT2D eigenvalue weighted by Gasteiger charge is -2.03. The van der Waals surface area contributed by atoms with Crippen molar-refractivity contribution in [2.75, 3.05) is 0 Å². The average molecular weight is 255 g/mol. The minimum atomic E-state index is -0.316. The first-order valence-corrected chi connectivity index (χ1v) is 5.06. The van der Waals surface area contributed by atoms with Gasteiger partial charge < -0.3 is 4.74 Å². The van der Waals surface area contributed by atoms with Crippen LogP contribution in [-0.4, -0.2) is 5.97 Å². The molecule has 0 aliphatic heterocycles. The molecular formula is C11H11BrO2. The predicted molar refractivity (Wildman–Crippen MR) is 58.8 cm³/mol. The number of carbonyl (C=O) groups is 1. The Morgan fingerprint density at radius 2 is 2.21 bits per heavy atom.